The van der Waals surface area contributed by atoms with E-state index in [1.165, 1.54) is 18.6 Å². The summed E-state index contributed by atoms with van der Waals surface area (Å²) in [6, 6.07) is 4.65. The lowest BCUT2D eigenvalue weighted by atomic mass is 10.0. The molecule has 1 N–H and O–H groups in total. The fraction of sp³-hybridized carbons (Fsp3) is 0.533. The van der Waals surface area contributed by atoms with Crippen molar-refractivity contribution >= 4 is 11.7 Å². The Morgan fingerprint density at radius 2 is 2.26 bits per heavy atom. The molecule has 2 amide bonds. The highest BCUT2D eigenvalue weighted by Crippen LogP contribution is 2.22. The number of hydrogen-bond acceptors (Lipinski definition) is 1. The monoisotopic (exact) mass is 264 g/mol. The number of nitrogens with zero attached hydrogens (tertiary/aromatic N) is 1. The van der Waals surface area contributed by atoms with Crippen LogP contribution in [0.2, 0.25) is 0 Å². The lowest BCUT2D eigenvalue weighted by Crippen LogP contribution is -2.45. The molecule has 1 aliphatic rings. The quantitative estimate of drug-likeness (QED) is 0.862. The summed E-state index contributed by atoms with van der Waals surface area (Å²) < 4.78 is 13.2. The number of rotatable bonds is 2. The Morgan fingerprint density at radius 1 is 1.47 bits per heavy atom. The van der Waals surface area contributed by atoms with Crippen LogP contribution in [0.25, 0.3) is 0 Å². The van der Waals surface area contributed by atoms with Crippen LogP contribution in [-0.4, -0.2) is 23.5 Å². The molecule has 0 saturated carbocycles. The zero-order valence-electron chi connectivity index (χ0n) is 11.6. The summed E-state index contributed by atoms with van der Waals surface area (Å²) in [7, 11) is 0. The summed E-state index contributed by atoms with van der Waals surface area (Å²) in [6.45, 7) is 4.75. The van der Waals surface area contributed by atoms with Gasteiger partial charge in [-0.1, -0.05) is 13.0 Å². The minimum absolute atomic E-state index is 0.111. The van der Waals surface area contributed by atoms with E-state index in [1.807, 2.05) is 11.8 Å². The summed E-state index contributed by atoms with van der Waals surface area (Å²) in [4.78, 5) is 14.2. The SMILES string of the molecule is CC[C@H]1CCCCN1C(=O)Nc1cc(F)ccc1C. The molecule has 1 aromatic rings. The summed E-state index contributed by atoms with van der Waals surface area (Å²) in [5, 5.41) is 2.83. The molecule has 0 spiro atoms. The number of amides is 2. The molecule has 19 heavy (non-hydrogen) atoms. The van der Waals surface area contributed by atoms with Gasteiger partial charge in [-0.05, 0) is 50.3 Å². The van der Waals surface area contributed by atoms with Gasteiger partial charge >= 0.3 is 6.03 Å². The predicted octanol–water partition coefficient (Wildman–Crippen LogP) is 3.93. The van der Waals surface area contributed by atoms with Crippen molar-refractivity contribution in [2.45, 2.75) is 45.6 Å². The van der Waals surface area contributed by atoms with Crippen molar-refractivity contribution in [3.63, 3.8) is 0 Å². The zero-order chi connectivity index (χ0) is 13.8. The Kier molecular flexibility index (Phi) is 4.40. The highest BCUT2D eigenvalue weighted by Gasteiger charge is 2.25. The molecule has 0 radical (unpaired) electrons. The number of hydrogen-bond donors (Lipinski definition) is 1. The minimum atomic E-state index is -0.327. The molecule has 0 aliphatic carbocycles. The number of carbonyl (C=O) groups is 1. The van der Waals surface area contributed by atoms with Gasteiger partial charge in [-0.15, -0.1) is 0 Å². The number of benzene rings is 1. The second-order valence-corrected chi connectivity index (χ2v) is 5.14. The number of aryl methyl sites for hydroxylation is 1. The molecule has 3 nitrogen and oxygen atoms in total. The van der Waals surface area contributed by atoms with Gasteiger partial charge in [0, 0.05) is 18.3 Å². The molecule has 104 valence electrons. The largest absolute Gasteiger partial charge is 0.322 e. The average molecular weight is 264 g/mol. The molecule has 1 fully saturated rings. The van der Waals surface area contributed by atoms with Crippen molar-refractivity contribution in [2.75, 3.05) is 11.9 Å². The summed E-state index contributed by atoms with van der Waals surface area (Å²) >= 11 is 0. The van der Waals surface area contributed by atoms with Crippen LogP contribution in [0.15, 0.2) is 18.2 Å². The van der Waals surface area contributed by atoms with Gasteiger partial charge in [-0.25, -0.2) is 9.18 Å². The lowest BCUT2D eigenvalue weighted by Gasteiger charge is -2.35. The van der Waals surface area contributed by atoms with Crippen LogP contribution in [0.1, 0.15) is 38.2 Å². The van der Waals surface area contributed by atoms with Gasteiger partial charge in [0.25, 0.3) is 0 Å². The Hall–Kier alpha value is -1.58. The maximum Gasteiger partial charge on any atom is 0.322 e. The Bertz CT molecular complexity index is 461. The standard InChI is InChI=1S/C15H21FN2O/c1-3-13-6-4-5-9-18(13)15(19)17-14-10-12(16)8-7-11(14)2/h7-8,10,13H,3-6,9H2,1-2H3,(H,17,19)/t13-/m0/s1. The molecule has 1 atom stereocenters. The van der Waals surface area contributed by atoms with E-state index in [4.69, 9.17) is 0 Å². The Balaban J connectivity index is 2.09. The van der Waals surface area contributed by atoms with Gasteiger partial charge in [0.15, 0.2) is 0 Å². The van der Waals surface area contributed by atoms with E-state index < -0.39 is 0 Å². The molecule has 0 unspecified atom stereocenters. The van der Waals surface area contributed by atoms with E-state index in [9.17, 15) is 9.18 Å². The van der Waals surface area contributed by atoms with Crippen LogP contribution in [0.5, 0.6) is 0 Å². The van der Waals surface area contributed by atoms with Crippen LogP contribution in [-0.2, 0) is 0 Å². The van der Waals surface area contributed by atoms with E-state index in [2.05, 4.69) is 12.2 Å². The van der Waals surface area contributed by atoms with E-state index in [0.717, 1.165) is 31.4 Å². The molecule has 0 bridgehead atoms. The fourth-order valence-electron chi connectivity index (χ4n) is 2.61. The third-order valence-corrected chi connectivity index (χ3v) is 3.80. The van der Waals surface area contributed by atoms with Crippen LogP contribution in [0.4, 0.5) is 14.9 Å². The maximum atomic E-state index is 13.2. The number of halogens is 1. The van der Waals surface area contributed by atoms with Crippen molar-refractivity contribution < 1.29 is 9.18 Å². The summed E-state index contributed by atoms with van der Waals surface area (Å²) in [5.41, 5.74) is 1.44. The van der Waals surface area contributed by atoms with Crippen molar-refractivity contribution in [3.05, 3.63) is 29.6 Å². The zero-order valence-corrected chi connectivity index (χ0v) is 11.6. The number of likely N-dealkylation sites (tertiary alicyclic amines) is 1. The lowest BCUT2D eigenvalue weighted by molar-refractivity contribution is 0.160. The Labute approximate surface area is 113 Å². The van der Waals surface area contributed by atoms with Crippen molar-refractivity contribution in [1.29, 1.82) is 0 Å². The minimum Gasteiger partial charge on any atom is -0.322 e. The predicted molar refractivity (Wildman–Crippen MR) is 74.8 cm³/mol. The van der Waals surface area contributed by atoms with E-state index in [-0.39, 0.29) is 11.8 Å². The van der Waals surface area contributed by atoms with Crippen LogP contribution in [0, 0.1) is 12.7 Å². The summed E-state index contributed by atoms with van der Waals surface area (Å²) in [5.74, 6) is -0.327. The molecule has 1 heterocycles. The molecular formula is C15H21FN2O. The van der Waals surface area contributed by atoms with Crippen LogP contribution >= 0.6 is 0 Å². The molecule has 0 aromatic heterocycles. The topological polar surface area (TPSA) is 32.3 Å². The first-order chi connectivity index (χ1) is 9.11. The number of urea groups is 1. The van der Waals surface area contributed by atoms with E-state index in [1.54, 1.807) is 6.07 Å². The molecule has 1 saturated heterocycles. The number of nitrogens with one attached hydrogen (secondary N) is 1. The van der Waals surface area contributed by atoms with Gasteiger partial charge in [-0.3, -0.25) is 0 Å². The number of anilines is 1. The second-order valence-electron chi connectivity index (χ2n) is 5.14. The van der Waals surface area contributed by atoms with Gasteiger partial charge in [-0.2, -0.15) is 0 Å². The Morgan fingerprint density at radius 3 is 3.00 bits per heavy atom. The first-order valence-electron chi connectivity index (χ1n) is 6.95. The number of carbonyl (C=O) groups excluding carboxylic acids is 1. The third-order valence-electron chi connectivity index (χ3n) is 3.80. The number of piperidine rings is 1. The molecule has 1 aromatic carbocycles. The fourth-order valence-corrected chi connectivity index (χ4v) is 2.61. The maximum absolute atomic E-state index is 13.2. The smallest absolute Gasteiger partial charge is 0.322 e. The highest BCUT2D eigenvalue weighted by atomic mass is 19.1. The van der Waals surface area contributed by atoms with Gasteiger partial charge < -0.3 is 10.2 Å². The van der Waals surface area contributed by atoms with Gasteiger partial charge in [0.1, 0.15) is 5.82 Å². The molecule has 4 heteroatoms. The van der Waals surface area contributed by atoms with Crippen molar-refractivity contribution in [2.24, 2.45) is 0 Å². The second kappa shape index (κ2) is 6.04. The van der Waals surface area contributed by atoms with Crippen molar-refractivity contribution in [3.8, 4) is 0 Å². The van der Waals surface area contributed by atoms with Crippen LogP contribution < -0.4 is 5.32 Å². The van der Waals surface area contributed by atoms with E-state index >= 15 is 0 Å². The normalized spacial score (nSPS) is 19.3. The van der Waals surface area contributed by atoms with Crippen molar-refractivity contribution in [1.82, 2.24) is 4.90 Å². The average Bonchev–Trinajstić information content (AvgIpc) is 2.42. The molecular weight excluding hydrogens is 243 g/mol. The molecule has 1 aliphatic heterocycles. The van der Waals surface area contributed by atoms with Gasteiger partial charge in [0.2, 0.25) is 0 Å². The summed E-state index contributed by atoms with van der Waals surface area (Å²) in [6.07, 6.45) is 4.26. The van der Waals surface area contributed by atoms with E-state index in [0.29, 0.717) is 11.7 Å². The van der Waals surface area contributed by atoms with Crippen LogP contribution in [0.3, 0.4) is 0 Å². The highest BCUT2D eigenvalue weighted by molar-refractivity contribution is 5.90. The first kappa shape index (κ1) is 13.8. The first-order valence-corrected chi connectivity index (χ1v) is 6.95. The third kappa shape index (κ3) is 3.25. The molecule has 2 rings (SSSR count). The van der Waals surface area contributed by atoms with Gasteiger partial charge in [0.05, 0.1) is 0 Å².